The van der Waals surface area contributed by atoms with Crippen LogP contribution in [0.3, 0.4) is 0 Å². The van der Waals surface area contributed by atoms with Gasteiger partial charge >= 0.3 is 6.03 Å². The van der Waals surface area contributed by atoms with Gasteiger partial charge < -0.3 is 15.5 Å². The van der Waals surface area contributed by atoms with Gasteiger partial charge in [0.05, 0.1) is 0 Å². The number of urea groups is 1. The van der Waals surface area contributed by atoms with E-state index in [0.717, 1.165) is 38.8 Å². The van der Waals surface area contributed by atoms with E-state index in [1.807, 2.05) is 4.90 Å². The van der Waals surface area contributed by atoms with Crippen molar-refractivity contribution < 1.29 is 9.59 Å². The second-order valence-electron chi connectivity index (χ2n) is 5.55. The monoisotopic (exact) mass is 267 g/mol. The predicted molar refractivity (Wildman–Crippen MR) is 73.8 cm³/mol. The zero-order valence-electron chi connectivity index (χ0n) is 11.6. The molecule has 0 atom stereocenters. The molecule has 2 N–H and O–H groups in total. The molecule has 0 aromatic carbocycles. The zero-order chi connectivity index (χ0) is 13.5. The lowest BCUT2D eigenvalue weighted by molar-refractivity contribution is -0.122. The molecule has 3 amide bonds. The molecule has 5 heteroatoms. The Morgan fingerprint density at radius 2 is 1.47 bits per heavy atom. The van der Waals surface area contributed by atoms with Crippen LogP contribution in [0.25, 0.3) is 0 Å². The molecule has 2 rings (SSSR count). The highest BCUT2D eigenvalue weighted by atomic mass is 16.2. The van der Waals surface area contributed by atoms with Gasteiger partial charge in [0.2, 0.25) is 5.91 Å². The van der Waals surface area contributed by atoms with Gasteiger partial charge in [-0.15, -0.1) is 0 Å². The summed E-state index contributed by atoms with van der Waals surface area (Å²) in [7, 11) is 0. The molecule has 2 fully saturated rings. The van der Waals surface area contributed by atoms with E-state index < -0.39 is 0 Å². The Labute approximate surface area is 115 Å². The molecular formula is C14H25N3O2. The number of rotatable bonds is 4. The first-order valence-corrected chi connectivity index (χ1v) is 7.58. The van der Waals surface area contributed by atoms with Gasteiger partial charge in [0.25, 0.3) is 0 Å². The van der Waals surface area contributed by atoms with Gasteiger partial charge in [-0.25, -0.2) is 4.79 Å². The number of likely N-dealkylation sites (tertiary alicyclic amines) is 1. The second-order valence-corrected chi connectivity index (χ2v) is 5.55. The average molecular weight is 267 g/mol. The molecule has 1 saturated carbocycles. The molecule has 1 aliphatic carbocycles. The van der Waals surface area contributed by atoms with Gasteiger partial charge in [-0.05, 0) is 25.7 Å². The lowest BCUT2D eigenvalue weighted by Gasteiger charge is -2.25. The summed E-state index contributed by atoms with van der Waals surface area (Å²) in [6, 6.07) is 0.0163. The van der Waals surface area contributed by atoms with Crippen LogP contribution in [0.2, 0.25) is 0 Å². The Hall–Kier alpha value is -1.26. The largest absolute Gasteiger partial charge is 0.354 e. The maximum atomic E-state index is 12.0. The van der Waals surface area contributed by atoms with Crippen LogP contribution in [-0.2, 0) is 4.79 Å². The third kappa shape index (κ3) is 5.09. The van der Waals surface area contributed by atoms with Crippen molar-refractivity contribution in [1.82, 2.24) is 15.5 Å². The molecule has 19 heavy (non-hydrogen) atoms. The summed E-state index contributed by atoms with van der Waals surface area (Å²) in [4.78, 5) is 25.3. The number of amides is 3. The highest BCUT2D eigenvalue weighted by Crippen LogP contribution is 2.28. The van der Waals surface area contributed by atoms with Crippen molar-refractivity contribution in [3.63, 3.8) is 0 Å². The standard InChI is InChI=1S/C14H25N3O2/c18-13(12-6-7-12)15-8-9-16-14(19)17-10-4-2-1-3-5-11-17/h12H,1-11H2,(H,15,18)(H,16,19). The Balaban J connectivity index is 1.58. The fourth-order valence-electron chi connectivity index (χ4n) is 2.41. The van der Waals surface area contributed by atoms with Crippen molar-refractivity contribution in [2.24, 2.45) is 5.92 Å². The van der Waals surface area contributed by atoms with E-state index in [2.05, 4.69) is 10.6 Å². The number of nitrogens with zero attached hydrogens (tertiary/aromatic N) is 1. The van der Waals surface area contributed by atoms with Crippen LogP contribution in [-0.4, -0.2) is 43.0 Å². The smallest absolute Gasteiger partial charge is 0.317 e. The summed E-state index contributed by atoms with van der Waals surface area (Å²) in [6.07, 6.45) is 7.99. The SMILES string of the molecule is O=C(NCCNC(=O)N1CCCCCCC1)C1CC1. The van der Waals surface area contributed by atoms with E-state index in [-0.39, 0.29) is 17.9 Å². The number of carbonyl (C=O) groups excluding carboxylic acids is 2. The van der Waals surface area contributed by atoms with E-state index >= 15 is 0 Å². The summed E-state index contributed by atoms with van der Waals surface area (Å²) in [5.41, 5.74) is 0. The van der Waals surface area contributed by atoms with Crippen LogP contribution in [0.15, 0.2) is 0 Å². The quantitative estimate of drug-likeness (QED) is 0.758. The van der Waals surface area contributed by atoms with Gasteiger partial charge in [0.1, 0.15) is 0 Å². The maximum Gasteiger partial charge on any atom is 0.317 e. The Morgan fingerprint density at radius 1 is 0.895 bits per heavy atom. The van der Waals surface area contributed by atoms with E-state index in [1.165, 1.54) is 19.3 Å². The van der Waals surface area contributed by atoms with Gasteiger partial charge in [-0.2, -0.15) is 0 Å². The molecule has 1 heterocycles. The van der Waals surface area contributed by atoms with Crippen molar-refractivity contribution >= 4 is 11.9 Å². The van der Waals surface area contributed by atoms with Gasteiger partial charge in [-0.1, -0.05) is 19.3 Å². The minimum Gasteiger partial charge on any atom is -0.354 e. The first-order chi connectivity index (χ1) is 9.27. The van der Waals surface area contributed by atoms with Crippen LogP contribution in [0, 0.1) is 5.92 Å². The molecule has 0 unspecified atom stereocenters. The number of hydrogen-bond donors (Lipinski definition) is 2. The minimum atomic E-state index is 0.0163. The highest BCUT2D eigenvalue weighted by molar-refractivity contribution is 5.80. The molecule has 0 aromatic heterocycles. The van der Waals surface area contributed by atoms with Crippen molar-refractivity contribution in [2.45, 2.75) is 44.9 Å². The van der Waals surface area contributed by atoms with Crippen molar-refractivity contribution in [3.05, 3.63) is 0 Å². The van der Waals surface area contributed by atoms with Gasteiger partial charge in [0.15, 0.2) is 0 Å². The Morgan fingerprint density at radius 3 is 2.11 bits per heavy atom. The van der Waals surface area contributed by atoms with Crippen LogP contribution in [0.1, 0.15) is 44.9 Å². The molecule has 0 radical (unpaired) electrons. The zero-order valence-corrected chi connectivity index (χ0v) is 11.6. The molecule has 1 aliphatic heterocycles. The van der Waals surface area contributed by atoms with Crippen molar-refractivity contribution in [2.75, 3.05) is 26.2 Å². The molecule has 1 saturated heterocycles. The van der Waals surface area contributed by atoms with Crippen molar-refractivity contribution in [3.8, 4) is 0 Å². The normalized spacial score (nSPS) is 20.3. The van der Waals surface area contributed by atoms with Crippen LogP contribution in [0.4, 0.5) is 4.79 Å². The number of hydrogen-bond acceptors (Lipinski definition) is 2. The Bertz CT molecular complexity index is 308. The molecule has 0 spiro atoms. The lowest BCUT2D eigenvalue weighted by atomic mass is 10.1. The van der Waals surface area contributed by atoms with Crippen LogP contribution in [0.5, 0.6) is 0 Å². The van der Waals surface area contributed by atoms with E-state index in [9.17, 15) is 9.59 Å². The topological polar surface area (TPSA) is 61.4 Å². The summed E-state index contributed by atoms with van der Waals surface area (Å²) < 4.78 is 0. The third-order valence-corrected chi connectivity index (χ3v) is 3.79. The van der Waals surface area contributed by atoms with Gasteiger partial charge in [0, 0.05) is 32.1 Å². The highest BCUT2D eigenvalue weighted by Gasteiger charge is 2.29. The summed E-state index contributed by atoms with van der Waals surface area (Å²) >= 11 is 0. The summed E-state index contributed by atoms with van der Waals surface area (Å²) in [5.74, 6) is 0.380. The molecule has 0 bridgehead atoms. The van der Waals surface area contributed by atoms with E-state index in [0.29, 0.717) is 13.1 Å². The van der Waals surface area contributed by atoms with Crippen LogP contribution < -0.4 is 10.6 Å². The third-order valence-electron chi connectivity index (χ3n) is 3.79. The fourth-order valence-corrected chi connectivity index (χ4v) is 2.41. The molecule has 5 nitrogen and oxygen atoms in total. The van der Waals surface area contributed by atoms with Crippen LogP contribution >= 0.6 is 0 Å². The summed E-state index contributed by atoms with van der Waals surface area (Å²) in [6.45, 7) is 2.78. The maximum absolute atomic E-state index is 12.0. The number of nitrogens with one attached hydrogen (secondary N) is 2. The minimum absolute atomic E-state index is 0.0163. The summed E-state index contributed by atoms with van der Waals surface area (Å²) in [5, 5.41) is 5.74. The lowest BCUT2D eigenvalue weighted by Crippen LogP contribution is -2.44. The first kappa shape index (κ1) is 14.2. The average Bonchev–Trinajstić information content (AvgIpc) is 3.17. The number of carbonyl (C=O) groups is 2. The first-order valence-electron chi connectivity index (χ1n) is 7.58. The van der Waals surface area contributed by atoms with E-state index in [1.54, 1.807) is 0 Å². The molecule has 0 aromatic rings. The Kier molecular flexibility index (Phi) is 5.48. The van der Waals surface area contributed by atoms with Crippen molar-refractivity contribution in [1.29, 1.82) is 0 Å². The second kappa shape index (κ2) is 7.36. The van der Waals surface area contributed by atoms with Gasteiger partial charge in [-0.3, -0.25) is 4.79 Å². The molecular weight excluding hydrogens is 242 g/mol. The molecule has 108 valence electrons. The molecule has 2 aliphatic rings. The predicted octanol–water partition coefficient (Wildman–Crippen LogP) is 1.49. The fraction of sp³-hybridized carbons (Fsp3) is 0.857. The van der Waals surface area contributed by atoms with E-state index in [4.69, 9.17) is 0 Å².